The molecule has 0 aliphatic carbocycles. The Hall–Kier alpha value is -0.860. The van der Waals surface area contributed by atoms with Gasteiger partial charge in [-0.05, 0) is 32.0 Å². The second-order valence-electron chi connectivity index (χ2n) is 5.17. The summed E-state index contributed by atoms with van der Waals surface area (Å²) in [6.45, 7) is 1.67. The van der Waals surface area contributed by atoms with Gasteiger partial charge in [0.05, 0.1) is 10.4 Å². The van der Waals surface area contributed by atoms with E-state index in [9.17, 15) is 8.42 Å². The van der Waals surface area contributed by atoms with Gasteiger partial charge in [-0.3, -0.25) is 0 Å². The van der Waals surface area contributed by atoms with Crippen molar-refractivity contribution in [3.63, 3.8) is 0 Å². The molecule has 1 aliphatic rings. The number of nitrogens with zero attached hydrogens (tertiary/aromatic N) is 2. The molecule has 6 nitrogen and oxygen atoms in total. The third-order valence-electron chi connectivity index (χ3n) is 3.97. The van der Waals surface area contributed by atoms with Gasteiger partial charge in [0.25, 0.3) is 0 Å². The van der Waals surface area contributed by atoms with Gasteiger partial charge in [-0.2, -0.15) is 4.31 Å². The molecule has 0 saturated carbocycles. The van der Waals surface area contributed by atoms with E-state index in [-0.39, 0.29) is 23.3 Å². The number of rotatable bonds is 3. The van der Waals surface area contributed by atoms with Crippen molar-refractivity contribution >= 4 is 45.1 Å². The first-order valence-corrected chi connectivity index (χ1v) is 8.64. The maximum Gasteiger partial charge on any atom is 0.245 e. The molecule has 1 saturated heterocycles. The lowest BCUT2D eigenvalue weighted by molar-refractivity contribution is 0.296. The first-order chi connectivity index (χ1) is 10.0. The Labute approximate surface area is 140 Å². The number of H-pyrrole nitrogens is 1. The average molecular weight is 365 g/mol. The Balaban J connectivity index is 0.00000176. The summed E-state index contributed by atoms with van der Waals surface area (Å²) in [6, 6.07) is 1.61. The van der Waals surface area contributed by atoms with Crippen LogP contribution in [0.25, 0.3) is 11.0 Å². The van der Waals surface area contributed by atoms with Crippen LogP contribution >= 0.6 is 24.0 Å². The van der Waals surface area contributed by atoms with Gasteiger partial charge in [0.1, 0.15) is 10.5 Å². The maximum atomic E-state index is 12.9. The lowest BCUT2D eigenvalue weighted by atomic mass is 10.1. The van der Waals surface area contributed by atoms with E-state index in [1.54, 1.807) is 19.3 Å². The van der Waals surface area contributed by atoms with Crippen LogP contribution in [0.2, 0.25) is 5.02 Å². The molecule has 0 spiro atoms. The number of piperidine rings is 1. The highest BCUT2D eigenvalue weighted by molar-refractivity contribution is 7.89. The fraction of sp³-hybridized carbons (Fsp3) is 0.462. The molecule has 9 heteroatoms. The number of pyridine rings is 1. The summed E-state index contributed by atoms with van der Waals surface area (Å²) in [6.07, 6.45) is 4.64. The molecule has 122 valence electrons. The minimum atomic E-state index is -3.59. The highest BCUT2D eigenvalue weighted by Crippen LogP contribution is 2.31. The lowest BCUT2D eigenvalue weighted by Crippen LogP contribution is -2.43. The van der Waals surface area contributed by atoms with Crippen molar-refractivity contribution in [2.24, 2.45) is 0 Å². The van der Waals surface area contributed by atoms with Crippen LogP contribution < -0.4 is 5.32 Å². The monoisotopic (exact) mass is 364 g/mol. The third-order valence-corrected chi connectivity index (χ3v) is 6.22. The van der Waals surface area contributed by atoms with Crippen molar-refractivity contribution in [2.45, 2.75) is 23.8 Å². The lowest BCUT2D eigenvalue weighted by Gasteiger charge is -2.30. The fourth-order valence-corrected chi connectivity index (χ4v) is 4.60. The zero-order valence-electron chi connectivity index (χ0n) is 12.0. The predicted molar refractivity (Wildman–Crippen MR) is 89.2 cm³/mol. The fourth-order valence-electron chi connectivity index (χ4n) is 2.71. The van der Waals surface area contributed by atoms with E-state index < -0.39 is 10.0 Å². The van der Waals surface area contributed by atoms with Crippen LogP contribution in [0.15, 0.2) is 23.4 Å². The number of hydrogen-bond acceptors (Lipinski definition) is 4. The molecular formula is C13H18Cl2N4O2S. The molecule has 0 unspecified atom stereocenters. The summed E-state index contributed by atoms with van der Waals surface area (Å²) in [5, 5.41) is 4.08. The number of aromatic amines is 1. The number of hydrogen-bond donors (Lipinski definition) is 2. The van der Waals surface area contributed by atoms with Crippen molar-refractivity contribution < 1.29 is 8.42 Å². The molecule has 3 heterocycles. The van der Waals surface area contributed by atoms with Gasteiger partial charge in [-0.15, -0.1) is 12.4 Å². The quantitative estimate of drug-likeness (QED) is 0.872. The van der Waals surface area contributed by atoms with Gasteiger partial charge in [-0.1, -0.05) is 11.6 Å². The number of fused-ring (bicyclic) bond motifs is 1. The smallest absolute Gasteiger partial charge is 0.245 e. The molecule has 0 radical (unpaired) electrons. The zero-order chi connectivity index (χ0) is 15.0. The molecular weight excluding hydrogens is 347 g/mol. The molecule has 0 bridgehead atoms. The minimum absolute atomic E-state index is 0. The minimum Gasteiger partial charge on any atom is -0.345 e. The first-order valence-electron chi connectivity index (χ1n) is 6.82. The predicted octanol–water partition coefficient (Wildman–Crippen LogP) is 2.01. The van der Waals surface area contributed by atoms with E-state index in [1.165, 1.54) is 10.5 Å². The second-order valence-corrected chi connectivity index (χ2v) is 7.54. The van der Waals surface area contributed by atoms with E-state index in [1.807, 2.05) is 0 Å². The largest absolute Gasteiger partial charge is 0.345 e. The molecule has 3 rings (SSSR count). The summed E-state index contributed by atoms with van der Waals surface area (Å²) in [4.78, 5) is 7.19. The van der Waals surface area contributed by atoms with Crippen LogP contribution in [0.3, 0.4) is 0 Å². The number of aromatic nitrogens is 2. The van der Waals surface area contributed by atoms with Gasteiger partial charge < -0.3 is 10.3 Å². The Bertz CT molecular complexity index is 756. The van der Waals surface area contributed by atoms with Crippen LogP contribution in [0.4, 0.5) is 0 Å². The van der Waals surface area contributed by atoms with Crippen LogP contribution in [0, 0.1) is 0 Å². The third kappa shape index (κ3) is 2.96. The zero-order valence-corrected chi connectivity index (χ0v) is 14.4. The maximum absolute atomic E-state index is 12.9. The molecule has 1 fully saturated rings. The highest BCUT2D eigenvalue weighted by Gasteiger charge is 2.31. The normalized spacial score (nSPS) is 16.9. The van der Waals surface area contributed by atoms with Crippen molar-refractivity contribution in [2.75, 3.05) is 20.1 Å². The summed E-state index contributed by atoms with van der Waals surface area (Å²) in [5.74, 6) is 0. The van der Waals surface area contributed by atoms with Crippen molar-refractivity contribution in [1.82, 2.24) is 19.6 Å². The molecule has 0 amide bonds. The summed E-state index contributed by atoms with van der Waals surface area (Å²) >= 11 is 6.15. The van der Waals surface area contributed by atoms with Crippen molar-refractivity contribution in [1.29, 1.82) is 0 Å². The summed E-state index contributed by atoms with van der Waals surface area (Å²) in [7, 11) is -1.96. The van der Waals surface area contributed by atoms with Crippen molar-refractivity contribution in [3.8, 4) is 0 Å². The number of nitrogens with one attached hydrogen (secondary N) is 2. The van der Waals surface area contributed by atoms with Crippen LogP contribution in [-0.2, 0) is 10.0 Å². The van der Waals surface area contributed by atoms with Gasteiger partial charge in [0.15, 0.2) is 0 Å². The Morgan fingerprint density at radius 3 is 2.73 bits per heavy atom. The van der Waals surface area contributed by atoms with E-state index in [2.05, 4.69) is 15.3 Å². The first kappa shape index (κ1) is 17.5. The van der Waals surface area contributed by atoms with Crippen LogP contribution in [0.1, 0.15) is 12.8 Å². The van der Waals surface area contributed by atoms with E-state index in [0.29, 0.717) is 16.1 Å². The van der Waals surface area contributed by atoms with Gasteiger partial charge in [0, 0.05) is 25.5 Å². The molecule has 0 aromatic carbocycles. The van der Waals surface area contributed by atoms with Crippen molar-refractivity contribution in [3.05, 3.63) is 23.5 Å². The number of halogens is 2. The van der Waals surface area contributed by atoms with E-state index in [0.717, 1.165) is 25.9 Å². The molecule has 0 atom stereocenters. The summed E-state index contributed by atoms with van der Waals surface area (Å²) in [5.41, 5.74) is 0.486. The molecule has 2 N–H and O–H groups in total. The van der Waals surface area contributed by atoms with E-state index >= 15 is 0 Å². The summed E-state index contributed by atoms with van der Waals surface area (Å²) < 4.78 is 27.2. The molecule has 2 aromatic rings. The Morgan fingerprint density at radius 1 is 1.36 bits per heavy atom. The number of sulfonamides is 1. The second kappa shape index (κ2) is 6.72. The standard InChI is InChI=1S/C13H17ClN4O2S.ClH/c1-18(9-2-5-15-6-3-9)21(19,20)11-8-17-13-12(11)10(14)4-7-16-13;/h4,7-9,15H,2-3,5-6H2,1H3,(H,16,17);1H. The molecule has 2 aromatic heterocycles. The average Bonchev–Trinajstić information content (AvgIpc) is 2.93. The van der Waals surface area contributed by atoms with E-state index in [4.69, 9.17) is 11.6 Å². The van der Waals surface area contributed by atoms with Gasteiger partial charge in [-0.25, -0.2) is 13.4 Å². The van der Waals surface area contributed by atoms with Crippen LogP contribution in [-0.4, -0.2) is 48.9 Å². The topological polar surface area (TPSA) is 78.1 Å². The van der Waals surface area contributed by atoms with Gasteiger partial charge in [0.2, 0.25) is 10.0 Å². The highest BCUT2D eigenvalue weighted by atomic mass is 35.5. The SMILES string of the molecule is CN(C1CCNCC1)S(=O)(=O)c1c[nH]c2nccc(Cl)c12.Cl. The molecule has 22 heavy (non-hydrogen) atoms. The Morgan fingerprint density at radius 2 is 2.05 bits per heavy atom. The van der Waals surface area contributed by atoms with Gasteiger partial charge >= 0.3 is 0 Å². The van der Waals surface area contributed by atoms with Crippen LogP contribution in [0.5, 0.6) is 0 Å². The Kier molecular flexibility index (Phi) is 5.34. The molecule has 1 aliphatic heterocycles.